The molecular formula is C17H23FO. The minimum absolute atomic E-state index is 0.467. The van der Waals surface area contributed by atoms with Crippen molar-refractivity contribution in [2.45, 2.75) is 44.9 Å². The molecule has 0 saturated heterocycles. The maximum Gasteiger partial charge on any atom is 0.101 e. The predicted molar refractivity (Wildman–Crippen MR) is 76.9 cm³/mol. The summed E-state index contributed by atoms with van der Waals surface area (Å²) in [5, 5.41) is 0. The van der Waals surface area contributed by atoms with Crippen molar-refractivity contribution >= 4 is 0 Å². The molecule has 0 amide bonds. The molecule has 2 atom stereocenters. The topological polar surface area (TPSA) is 9.23 Å². The van der Waals surface area contributed by atoms with E-state index >= 15 is 0 Å². The lowest BCUT2D eigenvalue weighted by Crippen LogP contribution is -1.92. The van der Waals surface area contributed by atoms with Gasteiger partial charge in [0.15, 0.2) is 0 Å². The quantitative estimate of drug-likeness (QED) is 0.688. The molecule has 2 rings (SSSR count). The van der Waals surface area contributed by atoms with E-state index in [1.54, 1.807) is 7.11 Å². The normalized spacial score (nSPS) is 23.3. The maximum atomic E-state index is 13.0. The minimum Gasteiger partial charge on any atom is -0.380 e. The Hall–Kier alpha value is -1.15. The van der Waals surface area contributed by atoms with E-state index in [2.05, 4.69) is 36.4 Å². The summed E-state index contributed by atoms with van der Waals surface area (Å²) in [7, 11) is 1.72. The molecule has 0 aromatic heterocycles. The third kappa shape index (κ3) is 4.79. The van der Waals surface area contributed by atoms with Crippen molar-refractivity contribution in [1.82, 2.24) is 0 Å². The first kappa shape index (κ1) is 14.3. The first-order valence-corrected chi connectivity index (χ1v) is 7.15. The fourth-order valence-electron chi connectivity index (χ4n) is 2.71. The van der Waals surface area contributed by atoms with Crippen LogP contribution in [0.1, 0.15) is 36.8 Å². The van der Waals surface area contributed by atoms with E-state index in [0.717, 1.165) is 32.1 Å². The van der Waals surface area contributed by atoms with Gasteiger partial charge in [0.25, 0.3) is 0 Å². The van der Waals surface area contributed by atoms with Gasteiger partial charge in [0.05, 0.1) is 6.61 Å². The van der Waals surface area contributed by atoms with Gasteiger partial charge in [0, 0.05) is 7.11 Å². The zero-order valence-electron chi connectivity index (χ0n) is 11.6. The van der Waals surface area contributed by atoms with Crippen LogP contribution < -0.4 is 0 Å². The summed E-state index contributed by atoms with van der Waals surface area (Å²) in [5.74, 6) is 0.467. The van der Waals surface area contributed by atoms with E-state index in [1.807, 2.05) is 0 Å². The van der Waals surface area contributed by atoms with Gasteiger partial charge in [-0.2, -0.15) is 0 Å². The summed E-state index contributed by atoms with van der Waals surface area (Å²) in [6.07, 6.45) is 8.41. The molecule has 0 N–H and O–H groups in total. The van der Waals surface area contributed by atoms with Crippen LogP contribution in [0.4, 0.5) is 4.39 Å². The van der Waals surface area contributed by atoms with Crippen LogP contribution in [0.25, 0.3) is 0 Å². The summed E-state index contributed by atoms with van der Waals surface area (Å²) < 4.78 is 18.2. The van der Waals surface area contributed by atoms with Crippen LogP contribution in [-0.4, -0.2) is 13.3 Å². The van der Waals surface area contributed by atoms with E-state index in [4.69, 9.17) is 4.74 Å². The van der Waals surface area contributed by atoms with Crippen molar-refractivity contribution in [2.24, 2.45) is 5.92 Å². The van der Waals surface area contributed by atoms with Gasteiger partial charge in [-0.25, -0.2) is 4.39 Å². The first-order valence-electron chi connectivity index (χ1n) is 7.15. The molecule has 0 radical (unpaired) electrons. The zero-order valence-corrected chi connectivity index (χ0v) is 11.6. The largest absolute Gasteiger partial charge is 0.380 e. The number of aryl methyl sites for hydroxylation is 1. The Morgan fingerprint density at radius 3 is 2.89 bits per heavy atom. The molecule has 1 aromatic carbocycles. The van der Waals surface area contributed by atoms with Crippen molar-refractivity contribution < 1.29 is 9.13 Å². The van der Waals surface area contributed by atoms with Gasteiger partial charge in [0.2, 0.25) is 0 Å². The average molecular weight is 262 g/mol. The molecule has 1 aromatic rings. The fourth-order valence-corrected chi connectivity index (χ4v) is 2.71. The smallest absolute Gasteiger partial charge is 0.101 e. The Morgan fingerprint density at radius 2 is 2.16 bits per heavy atom. The van der Waals surface area contributed by atoms with Crippen LogP contribution in [0.5, 0.6) is 0 Å². The van der Waals surface area contributed by atoms with Gasteiger partial charge < -0.3 is 4.74 Å². The second-order valence-electron chi connectivity index (χ2n) is 5.39. The van der Waals surface area contributed by atoms with Crippen LogP contribution in [0.15, 0.2) is 36.4 Å². The van der Waals surface area contributed by atoms with Gasteiger partial charge in [-0.05, 0) is 49.1 Å². The second-order valence-corrected chi connectivity index (χ2v) is 5.39. The van der Waals surface area contributed by atoms with Crippen LogP contribution in [0.3, 0.4) is 0 Å². The molecule has 1 fully saturated rings. The highest BCUT2D eigenvalue weighted by Gasteiger charge is 2.21. The lowest BCUT2D eigenvalue weighted by atomic mass is 10.0. The summed E-state index contributed by atoms with van der Waals surface area (Å²) in [6, 6.07) is 8.52. The highest BCUT2D eigenvalue weighted by Crippen LogP contribution is 2.28. The molecule has 1 saturated carbocycles. The van der Waals surface area contributed by atoms with E-state index in [1.165, 1.54) is 11.1 Å². The molecule has 0 bridgehead atoms. The standard InChI is InChI=1S/C17H23FO/c1-19-13-16-8-4-7-14(11-16)5-2-3-6-15-9-10-17(18)12-15/h3-4,6-8,11,15,17H,2,5,9-10,12-13H2,1H3/b6-3+/t15-,17?/m0/s1. The van der Waals surface area contributed by atoms with Gasteiger partial charge >= 0.3 is 0 Å². The number of allylic oxidation sites excluding steroid dienone is 2. The van der Waals surface area contributed by atoms with Crippen LogP contribution in [-0.2, 0) is 17.8 Å². The Balaban J connectivity index is 1.75. The fraction of sp³-hybridized carbons (Fsp3) is 0.529. The Kier molecular flexibility index (Phi) is 5.59. The molecule has 104 valence electrons. The number of hydrogen-bond acceptors (Lipinski definition) is 1. The highest BCUT2D eigenvalue weighted by atomic mass is 19.1. The third-order valence-corrected chi connectivity index (χ3v) is 3.72. The molecule has 2 heteroatoms. The van der Waals surface area contributed by atoms with E-state index in [0.29, 0.717) is 12.5 Å². The SMILES string of the molecule is COCc1cccc(CC/C=C/[C@H]2CCC(F)C2)c1. The molecule has 1 aliphatic carbocycles. The lowest BCUT2D eigenvalue weighted by molar-refractivity contribution is 0.185. The molecule has 0 aliphatic heterocycles. The van der Waals surface area contributed by atoms with Gasteiger partial charge in [-0.1, -0.05) is 36.4 Å². The molecule has 0 spiro atoms. The van der Waals surface area contributed by atoms with Gasteiger partial charge in [-0.3, -0.25) is 0 Å². The Morgan fingerprint density at radius 1 is 1.32 bits per heavy atom. The van der Waals surface area contributed by atoms with Gasteiger partial charge in [-0.15, -0.1) is 0 Å². The second kappa shape index (κ2) is 7.44. The summed E-state index contributed by atoms with van der Waals surface area (Å²) in [5.41, 5.74) is 2.56. The maximum absolute atomic E-state index is 13.0. The van der Waals surface area contributed by atoms with Crippen molar-refractivity contribution in [2.75, 3.05) is 7.11 Å². The first-order chi connectivity index (χ1) is 9.28. The molecule has 1 nitrogen and oxygen atoms in total. The van der Waals surface area contributed by atoms with E-state index < -0.39 is 6.17 Å². The number of rotatable bonds is 6. The zero-order chi connectivity index (χ0) is 13.5. The number of hydrogen-bond donors (Lipinski definition) is 0. The summed E-state index contributed by atoms with van der Waals surface area (Å²) in [6.45, 7) is 0.670. The van der Waals surface area contributed by atoms with E-state index in [-0.39, 0.29) is 0 Å². The molecular weight excluding hydrogens is 239 g/mol. The number of halogens is 1. The third-order valence-electron chi connectivity index (χ3n) is 3.72. The lowest BCUT2D eigenvalue weighted by Gasteiger charge is -2.04. The molecule has 0 heterocycles. The van der Waals surface area contributed by atoms with Crippen LogP contribution in [0, 0.1) is 5.92 Å². The summed E-state index contributed by atoms with van der Waals surface area (Å²) in [4.78, 5) is 0. The summed E-state index contributed by atoms with van der Waals surface area (Å²) >= 11 is 0. The number of ether oxygens (including phenoxy) is 1. The van der Waals surface area contributed by atoms with Crippen molar-refractivity contribution in [3.63, 3.8) is 0 Å². The van der Waals surface area contributed by atoms with Crippen LogP contribution in [0.2, 0.25) is 0 Å². The van der Waals surface area contributed by atoms with Crippen molar-refractivity contribution in [3.8, 4) is 0 Å². The molecule has 19 heavy (non-hydrogen) atoms. The number of benzene rings is 1. The number of methoxy groups -OCH3 is 1. The van der Waals surface area contributed by atoms with Crippen LogP contribution >= 0.6 is 0 Å². The molecule has 1 unspecified atom stereocenters. The Labute approximate surface area is 115 Å². The Bertz CT molecular complexity index is 413. The van der Waals surface area contributed by atoms with Crippen molar-refractivity contribution in [1.29, 1.82) is 0 Å². The monoisotopic (exact) mass is 262 g/mol. The van der Waals surface area contributed by atoms with E-state index in [9.17, 15) is 4.39 Å². The highest BCUT2D eigenvalue weighted by molar-refractivity contribution is 5.23. The van der Waals surface area contributed by atoms with Crippen molar-refractivity contribution in [3.05, 3.63) is 47.5 Å². The predicted octanol–water partition coefficient (Wildman–Crippen LogP) is 4.46. The number of alkyl halides is 1. The molecule has 1 aliphatic rings. The van der Waals surface area contributed by atoms with Gasteiger partial charge in [0.1, 0.15) is 6.17 Å². The minimum atomic E-state index is -0.569. The average Bonchev–Trinajstić information content (AvgIpc) is 2.82.